The summed E-state index contributed by atoms with van der Waals surface area (Å²) in [5.41, 5.74) is 1.24. The van der Waals surface area contributed by atoms with Crippen molar-refractivity contribution in [3.8, 4) is 5.75 Å². The number of hydrogen-bond acceptors (Lipinski definition) is 2. The van der Waals surface area contributed by atoms with Crippen LogP contribution in [-0.4, -0.2) is 13.7 Å². The fourth-order valence-electron chi connectivity index (χ4n) is 1.53. The van der Waals surface area contributed by atoms with E-state index in [1.54, 1.807) is 7.11 Å². The number of ether oxygens (including phenoxy) is 1. The number of rotatable bonds is 6. The van der Waals surface area contributed by atoms with Gasteiger partial charge in [0.05, 0.1) is 16.1 Å². The van der Waals surface area contributed by atoms with Crippen LogP contribution in [0.5, 0.6) is 5.75 Å². The van der Waals surface area contributed by atoms with Crippen LogP contribution in [0.25, 0.3) is 0 Å². The Morgan fingerprint density at radius 3 is 2.29 bits per heavy atom. The lowest BCUT2D eigenvalue weighted by atomic mass is 10.1. The van der Waals surface area contributed by atoms with E-state index in [1.807, 2.05) is 0 Å². The molecule has 0 fully saturated rings. The molecule has 0 unspecified atom stereocenters. The second kappa shape index (κ2) is 7.39. The molecular formula is C13H19Br2NO. The molecule has 0 radical (unpaired) electrons. The third kappa shape index (κ3) is 4.98. The number of methoxy groups -OCH3 is 1. The summed E-state index contributed by atoms with van der Waals surface area (Å²) in [6.45, 7) is 6.41. The van der Waals surface area contributed by atoms with Gasteiger partial charge in [-0.15, -0.1) is 0 Å². The zero-order valence-corrected chi connectivity index (χ0v) is 13.7. The first kappa shape index (κ1) is 15.0. The SMILES string of the molecule is COc1c(Br)cc(CNCCC(C)C)cc1Br. The second-order valence-electron chi connectivity index (χ2n) is 4.45. The third-order valence-electron chi connectivity index (χ3n) is 2.49. The summed E-state index contributed by atoms with van der Waals surface area (Å²) in [6.07, 6.45) is 1.21. The van der Waals surface area contributed by atoms with E-state index in [0.29, 0.717) is 0 Å². The van der Waals surface area contributed by atoms with Crippen molar-refractivity contribution < 1.29 is 4.74 Å². The van der Waals surface area contributed by atoms with E-state index in [1.165, 1.54) is 12.0 Å². The number of benzene rings is 1. The number of hydrogen-bond donors (Lipinski definition) is 1. The number of nitrogens with one attached hydrogen (secondary N) is 1. The molecule has 0 saturated carbocycles. The van der Waals surface area contributed by atoms with Crippen LogP contribution in [0.15, 0.2) is 21.1 Å². The molecule has 0 heterocycles. The van der Waals surface area contributed by atoms with Crippen LogP contribution in [0.2, 0.25) is 0 Å². The Kier molecular flexibility index (Phi) is 6.52. The molecule has 0 aromatic heterocycles. The third-order valence-corrected chi connectivity index (χ3v) is 3.67. The van der Waals surface area contributed by atoms with Gasteiger partial charge in [-0.1, -0.05) is 13.8 Å². The van der Waals surface area contributed by atoms with Gasteiger partial charge in [-0.3, -0.25) is 0 Å². The summed E-state index contributed by atoms with van der Waals surface area (Å²) >= 11 is 7.02. The van der Waals surface area contributed by atoms with Gasteiger partial charge in [0.2, 0.25) is 0 Å². The lowest BCUT2D eigenvalue weighted by Gasteiger charge is -2.10. The molecule has 96 valence electrons. The highest BCUT2D eigenvalue weighted by atomic mass is 79.9. The summed E-state index contributed by atoms with van der Waals surface area (Å²) in [5.74, 6) is 1.59. The Morgan fingerprint density at radius 2 is 1.82 bits per heavy atom. The first-order valence-corrected chi connectivity index (χ1v) is 7.35. The first-order chi connectivity index (χ1) is 8.04. The highest BCUT2D eigenvalue weighted by molar-refractivity contribution is 9.11. The number of halogens is 2. The summed E-state index contributed by atoms with van der Waals surface area (Å²) < 4.78 is 7.24. The first-order valence-electron chi connectivity index (χ1n) is 5.77. The van der Waals surface area contributed by atoms with E-state index in [-0.39, 0.29) is 0 Å². The highest BCUT2D eigenvalue weighted by Crippen LogP contribution is 2.34. The van der Waals surface area contributed by atoms with Crippen molar-refractivity contribution in [1.82, 2.24) is 5.32 Å². The molecular weight excluding hydrogens is 346 g/mol. The van der Waals surface area contributed by atoms with Crippen LogP contribution in [0.4, 0.5) is 0 Å². The summed E-state index contributed by atoms with van der Waals surface area (Å²) in [7, 11) is 1.67. The minimum Gasteiger partial charge on any atom is -0.494 e. The van der Waals surface area contributed by atoms with Gasteiger partial charge >= 0.3 is 0 Å². The van der Waals surface area contributed by atoms with E-state index >= 15 is 0 Å². The van der Waals surface area contributed by atoms with E-state index in [0.717, 1.165) is 33.7 Å². The lowest BCUT2D eigenvalue weighted by Crippen LogP contribution is -2.16. The topological polar surface area (TPSA) is 21.3 Å². The van der Waals surface area contributed by atoms with Crippen molar-refractivity contribution in [3.63, 3.8) is 0 Å². The molecule has 0 atom stereocenters. The Balaban J connectivity index is 2.55. The lowest BCUT2D eigenvalue weighted by molar-refractivity contribution is 0.409. The van der Waals surface area contributed by atoms with Crippen molar-refractivity contribution in [1.29, 1.82) is 0 Å². The molecule has 0 spiro atoms. The van der Waals surface area contributed by atoms with Crippen molar-refractivity contribution in [2.24, 2.45) is 5.92 Å². The predicted octanol–water partition coefficient (Wildman–Crippen LogP) is 4.36. The molecule has 1 aromatic carbocycles. The van der Waals surface area contributed by atoms with Crippen molar-refractivity contribution in [2.45, 2.75) is 26.8 Å². The molecule has 0 aliphatic heterocycles. The molecule has 0 saturated heterocycles. The van der Waals surface area contributed by atoms with Gasteiger partial charge in [0.15, 0.2) is 0 Å². The van der Waals surface area contributed by atoms with Gasteiger partial charge in [-0.05, 0) is 68.4 Å². The van der Waals surface area contributed by atoms with E-state index < -0.39 is 0 Å². The fourth-order valence-corrected chi connectivity index (χ4v) is 3.14. The smallest absolute Gasteiger partial charge is 0.147 e. The Morgan fingerprint density at radius 1 is 1.24 bits per heavy atom. The maximum absolute atomic E-state index is 5.27. The molecule has 1 rings (SSSR count). The predicted molar refractivity (Wildman–Crippen MR) is 79.6 cm³/mol. The van der Waals surface area contributed by atoms with Crippen molar-refractivity contribution >= 4 is 31.9 Å². The van der Waals surface area contributed by atoms with Crippen LogP contribution in [0.3, 0.4) is 0 Å². The van der Waals surface area contributed by atoms with Gasteiger partial charge < -0.3 is 10.1 Å². The summed E-state index contributed by atoms with van der Waals surface area (Å²) in [5, 5.41) is 3.44. The highest BCUT2D eigenvalue weighted by Gasteiger charge is 2.07. The van der Waals surface area contributed by atoms with E-state index in [2.05, 4.69) is 63.2 Å². The molecule has 0 aliphatic rings. The van der Waals surface area contributed by atoms with Gasteiger partial charge in [-0.2, -0.15) is 0 Å². The Hall–Kier alpha value is -0.0600. The zero-order valence-electron chi connectivity index (χ0n) is 10.5. The molecule has 0 amide bonds. The molecule has 17 heavy (non-hydrogen) atoms. The molecule has 4 heteroatoms. The molecule has 0 aliphatic carbocycles. The maximum Gasteiger partial charge on any atom is 0.147 e. The van der Waals surface area contributed by atoms with Crippen LogP contribution in [-0.2, 0) is 6.54 Å². The monoisotopic (exact) mass is 363 g/mol. The van der Waals surface area contributed by atoms with Gasteiger partial charge in [0.25, 0.3) is 0 Å². The molecule has 1 aromatic rings. The maximum atomic E-state index is 5.27. The minimum atomic E-state index is 0.747. The van der Waals surface area contributed by atoms with Crippen LogP contribution >= 0.6 is 31.9 Å². The van der Waals surface area contributed by atoms with Gasteiger partial charge in [-0.25, -0.2) is 0 Å². The van der Waals surface area contributed by atoms with Crippen molar-refractivity contribution in [3.05, 3.63) is 26.6 Å². The van der Waals surface area contributed by atoms with Crippen molar-refractivity contribution in [2.75, 3.05) is 13.7 Å². The second-order valence-corrected chi connectivity index (χ2v) is 6.16. The zero-order chi connectivity index (χ0) is 12.8. The summed E-state index contributed by atoms with van der Waals surface area (Å²) in [4.78, 5) is 0. The normalized spacial score (nSPS) is 10.9. The van der Waals surface area contributed by atoms with Crippen LogP contribution < -0.4 is 10.1 Å². The summed E-state index contributed by atoms with van der Waals surface area (Å²) in [6, 6.07) is 4.18. The largest absolute Gasteiger partial charge is 0.494 e. The van der Waals surface area contributed by atoms with E-state index in [4.69, 9.17) is 4.74 Å². The average Bonchev–Trinajstić information content (AvgIpc) is 2.24. The van der Waals surface area contributed by atoms with Crippen LogP contribution in [0.1, 0.15) is 25.8 Å². The standard InChI is InChI=1S/C13H19Br2NO/c1-9(2)4-5-16-8-10-6-11(14)13(17-3)12(15)7-10/h6-7,9,16H,4-5,8H2,1-3H3. The molecule has 1 N–H and O–H groups in total. The molecule has 0 bridgehead atoms. The Bertz CT molecular complexity index is 343. The quantitative estimate of drug-likeness (QED) is 0.757. The molecule has 2 nitrogen and oxygen atoms in total. The van der Waals surface area contributed by atoms with Crippen LogP contribution in [0, 0.1) is 5.92 Å². The fraction of sp³-hybridized carbons (Fsp3) is 0.538. The van der Waals surface area contributed by atoms with Gasteiger partial charge in [0, 0.05) is 6.54 Å². The minimum absolute atomic E-state index is 0.747. The Labute approximate surface area is 120 Å². The van der Waals surface area contributed by atoms with E-state index in [9.17, 15) is 0 Å². The van der Waals surface area contributed by atoms with Gasteiger partial charge in [0.1, 0.15) is 5.75 Å². The average molecular weight is 365 g/mol.